The van der Waals surface area contributed by atoms with E-state index in [0.717, 1.165) is 5.56 Å². The van der Waals surface area contributed by atoms with Gasteiger partial charge < -0.3 is 9.15 Å². The fourth-order valence-electron chi connectivity index (χ4n) is 2.83. The van der Waals surface area contributed by atoms with Crippen LogP contribution in [0.1, 0.15) is 28.9 Å². The second kappa shape index (κ2) is 8.57. The van der Waals surface area contributed by atoms with Crippen LogP contribution in [0.4, 0.5) is 10.4 Å². The number of rotatable bonds is 6. The van der Waals surface area contributed by atoms with Crippen LogP contribution in [0.2, 0.25) is 0 Å². The number of hydrogen-bond donors (Lipinski definition) is 1. The van der Waals surface area contributed by atoms with Crippen LogP contribution in [0, 0.1) is 5.82 Å². The zero-order valence-corrected chi connectivity index (χ0v) is 16.1. The van der Waals surface area contributed by atoms with Crippen molar-refractivity contribution in [3.63, 3.8) is 0 Å². The molecule has 0 aliphatic carbocycles. The summed E-state index contributed by atoms with van der Waals surface area (Å²) in [6.07, 6.45) is -0.117. The third-order valence-corrected chi connectivity index (χ3v) is 4.43. The van der Waals surface area contributed by atoms with Crippen LogP contribution >= 0.6 is 0 Å². The van der Waals surface area contributed by atoms with Crippen molar-refractivity contribution in [3.8, 4) is 17.2 Å². The minimum atomic E-state index is -0.396. The molecule has 0 aliphatic heterocycles. The molecule has 0 fully saturated rings. The van der Waals surface area contributed by atoms with Gasteiger partial charge in [-0.3, -0.25) is 10.1 Å². The monoisotopic (exact) mass is 403 g/mol. The first kappa shape index (κ1) is 19.3. The van der Waals surface area contributed by atoms with E-state index >= 15 is 0 Å². The number of halogens is 1. The van der Waals surface area contributed by atoms with Crippen molar-refractivity contribution in [2.45, 2.75) is 13.0 Å². The van der Waals surface area contributed by atoms with Crippen LogP contribution in [0.15, 0.2) is 83.3 Å². The summed E-state index contributed by atoms with van der Waals surface area (Å²) < 4.78 is 24.4. The van der Waals surface area contributed by atoms with Crippen molar-refractivity contribution in [1.29, 1.82) is 0 Å². The van der Waals surface area contributed by atoms with Gasteiger partial charge >= 0.3 is 6.01 Å². The molecule has 7 heteroatoms. The lowest BCUT2D eigenvalue weighted by Gasteiger charge is -2.15. The van der Waals surface area contributed by atoms with Crippen LogP contribution < -0.4 is 10.1 Å². The number of amides is 1. The van der Waals surface area contributed by atoms with E-state index in [4.69, 9.17) is 9.15 Å². The Bertz CT molecular complexity index is 1130. The van der Waals surface area contributed by atoms with E-state index in [-0.39, 0.29) is 23.8 Å². The van der Waals surface area contributed by atoms with E-state index in [2.05, 4.69) is 15.5 Å². The van der Waals surface area contributed by atoms with Gasteiger partial charge in [-0.05, 0) is 61.0 Å². The predicted octanol–water partition coefficient (Wildman–Crippen LogP) is 5.27. The predicted molar refractivity (Wildman–Crippen MR) is 110 cm³/mol. The van der Waals surface area contributed by atoms with Crippen molar-refractivity contribution < 1.29 is 18.3 Å². The largest absolute Gasteiger partial charge is 0.486 e. The van der Waals surface area contributed by atoms with E-state index in [1.807, 2.05) is 37.3 Å². The molecule has 1 aromatic heterocycles. The topological polar surface area (TPSA) is 77.2 Å². The molecule has 0 spiro atoms. The number of nitrogens with zero attached hydrogens (tertiary/aromatic N) is 2. The van der Waals surface area contributed by atoms with Gasteiger partial charge in [-0.1, -0.05) is 35.4 Å². The Balaban J connectivity index is 1.39. The van der Waals surface area contributed by atoms with Crippen LogP contribution in [-0.2, 0) is 0 Å². The van der Waals surface area contributed by atoms with Crippen molar-refractivity contribution >= 4 is 11.9 Å². The molecule has 1 atom stereocenters. The number of aromatic nitrogens is 2. The maximum atomic E-state index is 13.0. The summed E-state index contributed by atoms with van der Waals surface area (Å²) in [5.41, 5.74) is 2.03. The average molecular weight is 403 g/mol. The molecule has 0 saturated carbocycles. The molecular formula is C23H18FN3O3. The Labute approximate surface area is 172 Å². The summed E-state index contributed by atoms with van der Waals surface area (Å²) in [4.78, 5) is 12.4. The summed E-state index contributed by atoms with van der Waals surface area (Å²) in [6.45, 7) is 1.96. The Morgan fingerprint density at radius 1 is 0.967 bits per heavy atom. The van der Waals surface area contributed by atoms with Crippen LogP contribution in [0.5, 0.6) is 5.75 Å². The number of nitrogens with one attached hydrogen (secondary N) is 1. The number of benzene rings is 3. The highest BCUT2D eigenvalue weighted by Gasteiger charge is 2.14. The molecule has 0 radical (unpaired) electrons. The summed E-state index contributed by atoms with van der Waals surface area (Å²) in [5.74, 6) is 0.0765. The summed E-state index contributed by atoms with van der Waals surface area (Å²) >= 11 is 0. The van der Waals surface area contributed by atoms with E-state index < -0.39 is 5.91 Å². The number of hydrogen-bond acceptors (Lipinski definition) is 5. The second-order valence-corrected chi connectivity index (χ2v) is 6.57. The zero-order chi connectivity index (χ0) is 20.9. The molecule has 0 aliphatic rings. The summed E-state index contributed by atoms with van der Waals surface area (Å²) in [6, 6.07) is 22.2. The molecular weight excluding hydrogens is 385 g/mol. The maximum absolute atomic E-state index is 13.0. The number of carbonyl (C=O) groups is 1. The SMILES string of the molecule is CC(Oc1ccc(C(=O)Nc2nnc(-c3ccc(F)cc3)o2)cc1)c1ccccc1. The quantitative estimate of drug-likeness (QED) is 0.475. The van der Waals surface area contributed by atoms with Gasteiger partial charge in [0, 0.05) is 11.1 Å². The summed E-state index contributed by atoms with van der Waals surface area (Å²) in [7, 11) is 0. The van der Waals surface area contributed by atoms with Crippen molar-refractivity contribution in [2.75, 3.05) is 5.32 Å². The first-order valence-electron chi connectivity index (χ1n) is 9.31. The maximum Gasteiger partial charge on any atom is 0.322 e. The van der Waals surface area contributed by atoms with E-state index in [1.54, 1.807) is 24.3 Å². The molecule has 1 N–H and O–H groups in total. The molecule has 1 unspecified atom stereocenters. The minimum absolute atomic E-state index is 0.0441. The lowest BCUT2D eigenvalue weighted by molar-refractivity contribution is 0.102. The van der Waals surface area contributed by atoms with Gasteiger partial charge in [0.1, 0.15) is 17.7 Å². The van der Waals surface area contributed by atoms with Gasteiger partial charge in [0.25, 0.3) is 5.91 Å². The van der Waals surface area contributed by atoms with Crippen LogP contribution in [0.3, 0.4) is 0 Å². The Kier molecular flexibility index (Phi) is 5.52. The fourth-order valence-corrected chi connectivity index (χ4v) is 2.83. The zero-order valence-electron chi connectivity index (χ0n) is 16.1. The molecule has 6 nitrogen and oxygen atoms in total. The molecule has 0 bridgehead atoms. The smallest absolute Gasteiger partial charge is 0.322 e. The number of anilines is 1. The Morgan fingerprint density at radius 2 is 1.67 bits per heavy atom. The van der Waals surface area contributed by atoms with Gasteiger partial charge in [0.05, 0.1) is 0 Å². The van der Waals surface area contributed by atoms with Gasteiger partial charge in [-0.2, -0.15) is 0 Å². The highest BCUT2D eigenvalue weighted by Crippen LogP contribution is 2.23. The number of carbonyl (C=O) groups excluding carboxylic acids is 1. The molecule has 30 heavy (non-hydrogen) atoms. The van der Waals surface area contributed by atoms with Crippen molar-refractivity contribution in [2.24, 2.45) is 0 Å². The van der Waals surface area contributed by atoms with Crippen molar-refractivity contribution in [3.05, 3.63) is 95.8 Å². The van der Waals surface area contributed by atoms with Gasteiger partial charge in [0.2, 0.25) is 5.89 Å². The standard InChI is InChI=1S/C23H18FN3O3/c1-15(16-5-3-2-4-6-16)29-20-13-9-17(10-14-20)21(28)25-23-27-26-22(30-23)18-7-11-19(24)12-8-18/h2-15H,1H3,(H,25,27,28). The van der Waals surface area contributed by atoms with Gasteiger partial charge in [-0.15, -0.1) is 5.10 Å². The lowest BCUT2D eigenvalue weighted by Crippen LogP contribution is -2.12. The minimum Gasteiger partial charge on any atom is -0.486 e. The first-order chi connectivity index (χ1) is 14.6. The van der Waals surface area contributed by atoms with Gasteiger partial charge in [-0.25, -0.2) is 4.39 Å². The fraction of sp³-hybridized carbons (Fsp3) is 0.0870. The third-order valence-electron chi connectivity index (χ3n) is 4.43. The molecule has 150 valence electrons. The highest BCUT2D eigenvalue weighted by molar-refractivity contribution is 6.03. The molecule has 1 heterocycles. The molecule has 4 rings (SSSR count). The molecule has 4 aromatic rings. The Morgan fingerprint density at radius 3 is 2.37 bits per heavy atom. The average Bonchev–Trinajstić information content (AvgIpc) is 3.23. The number of ether oxygens (including phenoxy) is 1. The van der Waals surface area contributed by atoms with Gasteiger partial charge in [0.15, 0.2) is 0 Å². The molecule has 0 saturated heterocycles. The Hall–Kier alpha value is -4.00. The summed E-state index contributed by atoms with van der Waals surface area (Å²) in [5, 5.41) is 10.2. The van der Waals surface area contributed by atoms with Crippen LogP contribution in [-0.4, -0.2) is 16.1 Å². The highest BCUT2D eigenvalue weighted by atomic mass is 19.1. The first-order valence-corrected chi connectivity index (χ1v) is 9.31. The van der Waals surface area contributed by atoms with Crippen molar-refractivity contribution in [1.82, 2.24) is 10.2 Å². The van der Waals surface area contributed by atoms with E-state index in [9.17, 15) is 9.18 Å². The second-order valence-electron chi connectivity index (χ2n) is 6.57. The molecule has 1 amide bonds. The lowest BCUT2D eigenvalue weighted by atomic mass is 10.1. The van der Waals surface area contributed by atoms with E-state index in [1.165, 1.54) is 24.3 Å². The van der Waals surface area contributed by atoms with Crippen LogP contribution in [0.25, 0.3) is 11.5 Å². The normalized spacial score (nSPS) is 11.7. The van der Waals surface area contributed by atoms with E-state index in [0.29, 0.717) is 16.9 Å². The molecule has 3 aromatic carbocycles. The third kappa shape index (κ3) is 4.52.